The molecule has 0 spiro atoms. The van der Waals surface area contributed by atoms with Gasteiger partial charge in [0, 0.05) is 16.7 Å². The smallest absolute Gasteiger partial charge is 0.160 e. The minimum Gasteiger partial charge on any atom is -0.228 e. The van der Waals surface area contributed by atoms with E-state index < -0.39 is 0 Å². The molecule has 0 N–H and O–H groups in total. The van der Waals surface area contributed by atoms with Crippen LogP contribution >= 0.6 is 0 Å². The van der Waals surface area contributed by atoms with Gasteiger partial charge in [-0.15, -0.1) is 0 Å². The fraction of sp³-hybridized carbons (Fsp3) is 0. The zero-order chi connectivity index (χ0) is 31.6. The zero-order valence-electron chi connectivity index (χ0n) is 26.1. The molecule has 0 radical (unpaired) electrons. The molecule has 0 aliphatic heterocycles. The fourth-order valence-electron chi connectivity index (χ4n) is 7.77. The molecule has 0 bridgehead atoms. The van der Waals surface area contributed by atoms with E-state index in [0.717, 1.165) is 33.9 Å². The van der Waals surface area contributed by atoms with Crippen molar-refractivity contribution in [2.75, 3.05) is 0 Å². The third-order valence-corrected chi connectivity index (χ3v) is 9.83. The van der Waals surface area contributed by atoms with Gasteiger partial charge in [-0.25, -0.2) is 9.97 Å². The first-order valence-electron chi connectivity index (χ1n) is 16.4. The predicted molar refractivity (Wildman–Crippen MR) is 201 cm³/mol. The van der Waals surface area contributed by atoms with Crippen molar-refractivity contribution in [3.05, 3.63) is 170 Å². The largest absolute Gasteiger partial charge is 0.228 e. The number of benzene rings is 8. The highest BCUT2D eigenvalue weighted by Gasteiger charge is 2.25. The van der Waals surface area contributed by atoms with Gasteiger partial charge in [-0.2, -0.15) is 0 Å². The van der Waals surface area contributed by atoms with Crippen LogP contribution in [-0.4, -0.2) is 9.97 Å². The van der Waals surface area contributed by atoms with Crippen LogP contribution in [0.25, 0.3) is 99.6 Å². The van der Waals surface area contributed by atoms with Crippen LogP contribution in [0.3, 0.4) is 0 Å². The molecule has 222 valence electrons. The average Bonchev–Trinajstić information content (AvgIpc) is 3.49. The summed E-state index contributed by atoms with van der Waals surface area (Å²) >= 11 is 0. The van der Waals surface area contributed by atoms with Gasteiger partial charge in [0.1, 0.15) is 0 Å². The molecule has 0 saturated carbocycles. The summed E-state index contributed by atoms with van der Waals surface area (Å²) < 4.78 is 0. The van der Waals surface area contributed by atoms with Gasteiger partial charge in [0.25, 0.3) is 0 Å². The van der Waals surface area contributed by atoms with Crippen LogP contribution in [0.4, 0.5) is 0 Å². The second kappa shape index (κ2) is 10.6. The van der Waals surface area contributed by atoms with E-state index in [1.807, 2.05) is 24.3 Å². The summed E-state index contributed by atoms with van der Waals surface area (Å²) in [7, 11) is 0. The van der Waals surface area contributed by atoms with Gasteiger partial charge < -0.3 is 0 Å². The summed E-state index contributed by atoms with van der Waals surface area (Å²) in [5.74, 6) is 0.719. The van der Waals surface area contributed by atoms with Crippen LogP contribution < -0.4 is 0 Å². The standard InChI is InChI=1S/C46H28N2/c1-3-14-29(15-4-1)41-28-42(48-46(47-41)30-16-5-2-6-17-30)45-37-22-11-9-20-34(37)44(35-21-10-12-23-38(35)45)40-27-26-39-32-19-8-7-18-31(32)33-24-13-25-36(40)43(33)39/h1-28H. The molecule has 1 aliphatic carbocycles. The number of nitrogens with zero attached hydrogens (tertiary/aromatic N) is 2. The highest BCUT2D eigenvalue weighted by Crippen LogP contribution is 2.51. The Morgan fingerprint density at radius 3 is 1.40 bits per heavy atom. The van der Waals surface area contributed by atoms with Crippen LogP contribution in [0.5, 0.6) is 0 Å². The molecular weight excluding hydrogens is 581 g/mol. The Balaban J connectivity index is 1.30. The summed E-state index contributed by atoms with van der Waals surface area (Å²) in [6.45, 7) is 0. The van der Waals surface area contributed by atoms with Crippen molar-refractivity contribution in [2.24, 2.45) is 0 Å². The Morgan fingerprint density at radius 2 is 0.750 bits per heavy atom. The Labute approximate surface area is 278 Å². The molecule has 0 atom stereocenters. The van der Waals surface area contributed by atoms with Gasteiger partial charge in [0.05, 0.1) is 11.4 Å². The van der Waals surface area contributed by atoms with E-state index in [-0.39, 0.29) is 0 Å². The number of fused-ring (bicyclic) bond motifs is 5. The second-order valence-corrected chi connectivity index (χ2v) is 12.5. The van der Waals surface area contributed by atoms with Gasteiger partial charge in [0.2, 0.25) is 0 Å². The van der Waals surface area contributed by atoms with Gasteiger partial charge in [-0.05, 0) is 71.8 Å². The lowest BCUT2D eigenvalue weighted by molar-refractivity contribution is 1.19. The van der Waals surface area contributed by atoms with Gasteiger partial charge in [-0.3, -0.25) is 0 Å². The summed E-state index contributed by atoms with van der Waals surface area (Å²) in [4.78, 5) is 10.4. The number of aromatic nitrogens is 2. The summed E-state index contributed by atoms with van der Waals surface area (Å²) in [6, 6.07) is 60.7. The molecular formula is C46H28N2. The molecule has 1 heterocycles. The number of rotatable bonds is 4. The van der Waals surface area contributed by atoms with E-state index in [1.54, 1.807) is 0 Å². The fourth-order valence-corrected chi connectivity index (χ4v) is 7.77. The number of hydrogen-bond acceptors (Lipinski definition) is 2. The molecule has 0 unspecified atom stereocenters. The second-order valence-electron chi connectivity index (χ2n) is 12.5. The molecule has 0 saturated heterocycles. The van der Waals surface area contributed by atoms with E-state index >= 15 is 0 Å². The van der Waals surface area contributed by atoms with Crippen LogP contribution in [0.15, 0.2) is 170 Å². The average molecular weight is 609 g/mol. The van der Waals surface area contributed by atoms with E-state index in [9.17, 15) is 0 Å². The first-order valence-corrected chi connectivity index (χ1v) is 16.4. The maximum atomic E-state index is 5.30. The normalized spacial score (nSPS) is 11.8. The lowest BCUT2D eigenvalue weighted by atomic mass is 9.85. The third kappa shape index (κ3) is 4.00. The molecule has 2 nitrogen and oxygen atoms in total. The third-order valence-electron chi connectivity index (χ3n) is 9.83. The summed E-state index contributed by atoms with van der Waals surface area (Å²) in [5, 5.41) is 7.39. The van der Waals surface area contributed by atoms with Crippen LogP contribution in [0.1, 0.15) is 0 Å². The van der Waals surface area contributed by atoms with Crippen molar-refractivity contribution in [1.82, 2.24) is 9.97 Å². The minimum absolute atomic E-state index is 0.719. The van der Waals surface area contributed by atoms with Crippen molar-refractivity contribution < 1.29 is 0 Å². The van der Waals surface area contributed by atoms with E-state index in [2.05, 4.69) is 146 Å². The molecule has 48 heavy (non-hydrogen) atoms. The molecule has 0 fully saturated rings. The molecule has 0 amide bonds. The zero-order valence-corrected chi connectivity index (χ0v) is 26.1. The van der Waals surface area contributed by atoms with Crippen LogP contribution in [0, 0.1) is 0 Å². The molecule has 8 aromatic carbocycles. The molecule has 10 rings (SSSR count). The first kappa shape index (κ1) is 26.8. The van der Waals surface area contributed by atoms with Gasteiger partial charge in [0.15, 0.2) is 5.82 Å². The van der Waals surface area contributed by atoms with Gasteiger partial charge in [-0.1, -0.05) is 164 Å². The Hall–Kier alpha value is -6.38. The van der Waals surface area contributed by atoms with Crippen molar-refractivity contribution in [3.63, 3.8) is 0 Å². The lowest BCUT2D eigenvalue weighted by Gasteiger charge is -2.19. The lowest BCUT2D eigenvalue weighted by Crippen LogP contribution is -1.98. The Morgan fingerprint density at radius 1 is 0.292 bits per heavy atom. The summed E-state index contributed by atoms with van der Waals surface area (Å²) in [6.07, 6.45) is 0. The SMILES string of the molecule is c1ccc(-c2cc(-c3c4ccccc4c(-c4ccc5c6c(cccc46)-c4ccccc4-5)c4ccccc34)nc(-c3ccccc3)n2)cc1. The number of hydrogen-bond donors (Lipinski definition) is 0. The minimum atomic E-state index is 0.719. The molecule has 1 aliphatic rings. The van der Waals surface area contributed by atoms with E-state index in [1.165, 1.54) is 65.7 Å². The molecule has 1 aromatic heterocycles. The highest BCUT2D eigenvalue weighted by molar-refractivity contribution is 6.26. The van der Waals surface area contributed by atoms with Gasteiger partial charge >= 0.3 is 0 Å². The van der Waals surface area contributed by atoms with Crippen LogP contribution in [-0.2, 0) is 0 Å². The molecule has 9 aromatic rings. The van der Waals surface area contributed by atoms with E-state index in [4.69, 9.17) is 9.97 Å². The van der Waals surface area contributed by atoms with Crippen molar-refractivity contribution in [2.45, 2.75) is 0 Å². The first-order chi connectivity index (χ1) is 23.8. The topological polar surface area (TPSA) is 25.8 Å². The van der Waals surface area contributed by atoms with Crippen molar-refractivity contribution in [1.29, 1.82) is 0 Å². The monoisotopic (exact) mass is 608 g/mol. The quantitative estimate of drug-likeness (QED) is 0.186. The van der Waals surface area contributed by atoms with E-state index in [0.29, 0.717) is 0 Å². The van der Waals surface area contributed by atoms with Crippen molar-refractivity contribution >= 4 is 32.3 Å². The highest BCUT2D eigenvalue weighted by atomic mass is 14.9. The van der Waals surface area contributed by atoms with Crippen molar-refractivity contribution in [3.8, 4) is 67.3 Å². The maximum absolute atomic E-state index is 5.30. The summed E-state index contributed by atoms with van der Waals surface area (Å²) in [5.41, 5.74) is 12.8. The Bertz CT molecular complexity index is 2570. The predicted octanol–water partition coefficient (Wildman–Crippen LogP) is 12.3. The Kier molecular flexibility index (Phi) is 5.91. The molecule has 2 heteroatoms. The maximum Gasteiger partial charge on any atom is 0.160 e. The van der Waals surface area contributed by atoms with Crippen LogP contribution in [0.2, 0.25) is 0 Å².